The molecule has 0 fully saturated rings. The fraction of sp³-hybridized carbons (Fsp3) is 0.136. The second kappa shape index (κ2) is 9.20. The molecule has 0 spiro atoms. The van der Waals surface area contributed by atoms with Gasteiger partial charge in [-0.15, -0.1) is 11.3 Å². The van der Waals surface area contributed by atoms with Crippen molar-refractivity contribution in [1.29, 1.82) is 0 Å². The van der Waals surface area contributed by atoms with Gasteiger partial charge in [0.05, 0.1) is 11.4 Å². The van der Waals surface area contributed by atoms with Crippen molar-refractivity contribution in [2.45, 2.75) is 13.5 Å². The fourth-order valence-corrected chi connectivity index (χ4v) is 3.80. The lowest BCUT2D eigenvalue weighted by atomic mass is 10.2. The van der Waals surface area contributed by atoms with Gasteiger partial charge in [0.2, 0.25) is 0 Å². The molecule has 9 heteroatoms. The number of aryl methyl sites for hydroxylation is 1. The summed E-state index contributed by atoms with van der Waals surface area (Å²) in [6.07, 6.45) is 1.67. The molecule has 0 radical (unpaired) electrons. The second-order valence-corrected chi connectivity index (χ2v) is 7.98. The van der Waals surface area contributed by atoms with Gasteiger partial charge in [0.1, 0.15) is 18.1 Å². The van der Waals surface area contributed by atoms with E-state index in [-0.39, 0.29) is 24.7 Å². The lowest BCUT2D eigenvalue weighted by molar-refractivity contribution is -0.118. The number of aromatic nitrogens is 2. The van der Waals surface area contributed by atoms with Gasteiger partial charge in [0, 0.05) is 22.7 Å². The number of carbonyl (C=O) groups is 1. The highest BCUT2D eigenvalue weighted by Crippen LogP contribution is 2.29. The first-order chi connectivity index (χ1) is 15.0. The predicted molar refractivity (Wildman–Crippen MR) is 120 cm³/mol. The zero-order valence-electron chi connectivity index (χ0n) is 16.5. The molecule has 4 rings (SSSR count). The molecule has 0 unspecified atom stereocenters. The minimum absolute atomic E-state index is 0.0633. The van der Waals surface area contributed by atoms with E-state index >= 15 is 0 Å². The topological polar surface area (TPSA) is 81.9 Å². The van der Waals surface area contributed by atoms with Crippen LogP contribution < -0.4 is 20.3 Å². The Morgan fingerprint density at radius 1 is 1.16 bits per heavy atom. The van der Waals surface area contributed by atoms with Crippen LogP contribution in [0.15, 0.2) is 64.9 Å². The number of hydrogen-bond donors (Lipinski definition) is 1. The van der Waals surface area contributed by atoms with Gasteiger partial charge in [-0.05, 0) is 36.8 Å². The van der Waals surface area contributed by atoms with Gasteiger partial charge < -0.3 is 14.8 Å². The van der Waals surface area contributed by atoms with Gasteiger partial charge in [-0.1, -0.05) is 29.8 Å². The highest BCUT2D eigenvalue weighted by molar-refractivity contribution is 7.15. The largest absolute Gasteiger partial charge is 0.485 e. The summed E-state index contributed by atoms with van der Waals surface area (Å²) < 4.78 is 12.9. The van der Waals surface area contributed by atoms with Crippen LogP contribution in [0.25, 0.3) is 4.96 Å². The van der Waals surface area contributed by atoms with Crippen LogP contribution in [0, 0.1) is 6.92 Å². The Hall–Kier alpha value is -3.36. The minimum atomic E-state index is -0.355. The molecule has 0 atom stereocenters. The highest BCUT2D eigenvalue weighted by Gasteiger charge is 2.12. The van der Waals surface area contributed by atoms with E-state index in [1.165, 1.54) is 21.8 Å². The summed E-state index contributed by atoms with van der Waals surface area (Å²) in [7, 11) is 0. The molecular weight excluding hydrogens is 438 g/mol. The van der Waals surface area contributed by atoms with Gasteiger partial charge in [0.25, 0.3) is 11.5 Å². The fourth-order valence-electron chi connectivity index (χ4n) is 2.89. The molecule has 1 amide bonds. The van der Waals surface area contributed by atoms with E-state index in [1.54, 1.807) is 35.8 Å². The van der Waals surface area contributed by atoms with E-state index < -0.39 is 0 Å². The number of benzene rings is 2. The maximum Gasteiger partial charge on any atom is 0.262 e. The number of rotatable bonds is 7. The Kier molecular flexibility index (Phi) is 6.20. The van der Waals surface area contributed by atoms with Crippen LogP contribution in [0.4, 0.5) is 5.69 Å². The quantitative estimate of drug-likeness (QED) is 0.449. The Morgan fingerprint density at radius 3 is 2.84 bits per heavy atom. The lowest BCUT2D eigenvalue weighted by Crippen LogP contribution is -2.21. The molecule has 2 aromatic heterocycles. The Morgan fingerprint density at radius 2 is 2.00 bits per heavy atom. The summed E-state index contributed by atoms with van der Waals surface area (Å²) in [6.45, 7) is 1.81. The van der Waals surface area contributed by atoms with E-state index in [9.17, 15) is 9.59 Å². The van der Waals surface area contributed by atoms with Crippen molar-refractivity contribution in [2.24, 2.45) is 0 Å². The first kappa shape index (κ1) is 20.9. The summed E-state index contributed by atoms with van der Waals surface area (Å²) in [4.78, 5) is 29.5. The van der Waals surface area contributed by atoms with Crippen molar-refractivity contribution in [3.8, 4) is 11.5 Å². The first-order valence-electron chi connectivity index (χ1n) is 9.36. The van der Waals surface area contributed by atoms with Crippen molar-refractivity contribution < 1.29 is 14.3 Å². The van der Waals surface area contributed by atoms with Crippen LogP contribution >= 0.6 is 22.9 Å². The molecule has 7 nitrogen and oxygen atoms in total. The van der Waals surface area contributed by atoms with E-state index in [0.29, 0.717) is 32.9 Å². The Balaban J connectivity index is 1.44. The number of halogens is 1. The Labute approximate surface area is 186 Å². The number of nitrogens with zero attached hydrogens (tertiary/aromatic N) is 2. The van der Waals surface area contributed by atoms with Gasteiger partial charge in [-0.25, -0.2) is 4.98 Å². The molecule has 4 aromatic rings. The highest BCUT2D eigenvalue weighted by atomic mass is 35.5. The number of nitrogens with one attached hydrogen (secondary N) is 1. The zero-order chi connectivity index (χ0) is 21.8. The van der Waals surface area contributed by atoms with E-state index in [2.05, 4.69) is 10.3 Å². The van der Waals surface area contributed by atoms with Gasteiger partial charge in [-0.2, -0.15) is 0 Å². The van der Waals surface area contributed by atoms with Crippen LogP contribution in [0.1, 0.15) is 11.3 Å². The molecule has 2 heterocycles. The lowest BCUT2D eigenvalue weighted by Gasteiger charge is -2.14. The van der Waals surface area contributed by atoms with Crippen molar-refractivity contribution in [1.82, 2.24) is 9.38 Å². The van der Waals surface area contributed by atoms with Crippen molar-refractivity contribution in [3.63, 3.8) is 0 Å². The van der Waals surface area contributed by atoms with Crippen LogP contribution in [0.2, 0.25) is 5.02 Å². The third kappa shape index (κ3) is 5.04. The maximum absolute atomic E-state index is 12.4. The molecule has 0 saturated heterocycles. The molecule has 0 aliphatic rings. The van der Waals surface area contributed by atoms with Crippen LogP contribution in [-0.2, 0) is 11.4 Å². The van der Waals surface area contributed by atoms with Crippen LogP contribution in [0.3, 0.4) is 0 Å². The molecule has 0 aliphatic carbocycles. The predicted octanol–water partition coefficient (Wildman–Crippen LogP) is 4.31. The number of ether oxygens (including phenoxy) is 2. The average Bonchev–Trinajstić information content (AvgIpc) is 3.22. The number of thiazole rings is 1. The second-order valence-electron chi connectivity index (χ2n) is 6.67. The molecule has 2 aromatic carbocycles. The molecule has 158 valence electrons. The number of hydrogen-bond acceptors (Lipinski definition) is 6. The first-order valence-corrected chi connectivity index (χ1v) is 10.6. The molecule has 0 aliphatic heterocycles. The van der Waals surface area contributed by atoms with Gasteiger partial charge in [-0.3, -0.25) is 14.0 Å². The standard InChI is InChI=1S/C22H18ClN3O4S/c1-14-4-2-3-5-18(14)30-13-20(27)25-17-10-15(23)6-7-19(17)29-12-16-11-21(28)26-8-9-31-22(26)24-16/h2-11H,12-13H2,1H3,(H,25,27). The summed E-state index contributed by atoms with van der Waals surface area (Å²) in [5.41, 5.74) is 1.65. The van der Waals surface area contributed by atoms with Crippen LogP contribution in [0.5, 0.6) is 11.5 Å². The van der Waals surface area contributed by atoms with E-state index in [4.69, 9.17) is 21.1 Å². The minimum Gasteiger partial charge on any atom is -0.485 e. The average molecular weight is 456 g/mol. The smallest absolute Gasteiger partial charge is 0.262 e. The maximum atomic E-state index is 12.4. The molecule has 0 bridgehead atoms. The molecule has 1 N–H and O–H groups in total. The molecule has 0 saturated carbocycles. The summed E-state index contributed by atoms with van der Waals surface area (Å²) in [5.74, 6) is 0.690. The zero-order valence-corrected chi connectivity index (χ0v) is 18.1. The third-order valence-electron chi connectivity index (χ3n) is 4.40. The number of anilines is 1. The van der Waals surface area contributed by atoms with Gasteiger partial charge in [0.15, 0.2) is 11.6 Å². The number of amides is 1. The number of carbonyl (C=O) groups excluding carboxylic acids is 1. The third-order valence-corrected chi connectivity index (χ3v) is 5.39. The van der Waals surface area contributed by atoms with Crippen molar-refractivity contribution in [2.75, 3.05) is 11.9 Å². The molecule has 31 heavy (non-hydrogen) atoms. The molecular formula is C22H18ClN3O4S. The number of para-hydroxylation sites is 1. The van der Waals surface area contributed by atoms with Gasteiger partial charge >= 0.3 is 0 Å². The normalized spacial score (nSPS) is 10.8. The Bertz CT molecular complexity index is 1300. The summed E-state index contributed by atoms with van der Waals surface area (Å²) >= 11 is 7.46. The van der Waals surface area contributed by atoms with Crippen LogP contribution in [-0.4, -0.2) is 21.9 Å². The number of fused-ring (bicyclic) bond motifs is 1. The SMILES string of the molecule is Cc1ccccc1OCC(=O)Nc1cc(Cl)ccc1OCc1cc(=O)n2ccsc2n1. The summed E-state index contributed by atoms with van der Waals surface area (Å²) in [5, 5.41) is 4.99. The van der Waals surface area contributed by atoms with Crippen molar-refractivity contribution >= 4 is 39.5 Å². The van der Waals surface area contributed by atoms with E-state index in [0.717, 1.165) is 5.56 Å². The summed E-state index contributed by atoms with van der Waals surface area (Å²) in [6, 6.07) is 13.8. The van der Waals surface area contributed by atoms with E-state index in [1.807, 2.05) is 25.1 Å². The monoisotopic (exact) mass is 455 g/mol. The van der Waals surface area contributed by atoms with Crippen molar-refractivity contribution in [3.05, 3.63) is 86.7 Å².